The lowest BCUT2D eigenvalue weighted by molar-refractivity contribution is -0.123. The lowest BCUT2D eigenvalue weighted by Crippen LogP contribution is -2.40. The number of nitrogens with one attached hydrogen (secondary N) is 2. The first-order valence-corrected chi connectivity index (χ1v) is 11.0. The van der Waals surface area contributed by atoms with E-state index >= 15 is 0 Å². The van der Waals surface area contributed by atoms with Crippen LogP contribution in [0.4, 0.5) is 5.69 Å². The fourth-order valence-electron chi connectivity index (χ4n) is 2.70. The van der Waals surface area contributed by atoms with Gasteiger partial charge in [-0.2, -0.15) is 0 Å². The molecule has 0 saturated heterocycles. The van der Waals surface area contributed by atoms with Crippen LogP contribution in [-0.2, 0) is 9.59 Å². The van der Waals surface area contributed by atoms with Crippen molar-refractivity contribution in [3.8, 4) is 11.5 Å². The molecule has 0 saturated carbocycles. The number of thioether (sulfide) groups is 1. The second kappa shape index (κ2) is 12.8. The fraction of sp³-hybridized carbons (Fsp3) is 0.364. The zero-order valence-electron chi connectivity index (χ0n) is 17.6. The molecule has 2 amide bonds. The molecule has 0 spiro atoms. The zero-order valence-corrected chi connectivity index (χ0v) is 18.5. The number of hydrogen-bond acceptors (Lipinski definition) is 6. The molecule has 0 heterocycles. The van der Waals surface area contributed by atoms with E-state index in [1.807, 2.05) is 61.7 Å². The Morgan fingerprint density at radius 2 is 1.60 bits per heavy atom. The summed E-state index contributed by atoms with van der Waals surface area (Å²) in [7, 11) is 1.73. The van der Waals surface area contributed by atoms with Gasteiger partial charge in [0.25, 0.3) is 0 Å². The SMILES string of the molecule is CCOc1ccc(OCCNC(=O)CN(C)CC(=O)Nc2ccccc2SC)cc1. The maximum absolute atomic E-state index is 12.2. The summed E-state index contributed by atoms with van der Waals surface area (Å²) < 4.78 is 11.0. The topological polar surface area (TPSA) is 79.9 Å². The van der Waals surface area contributed by atoms with Gasteiger partial charge in [-0.15, -0.1) is 11.8 Å². The lowest BCUT2D eigenvalue weighted by Gasteiger charge is -2.17. The Bertz CT molecular complexity index is 814. The van der Waals surface area contributed by atoms with Crippen molar-refractivity contribution in [2.45, 2.75) is 11.8 Å². The number of para-hydroxylation sites is 1. The molecule has 0 aliphatic carbocycles. The van der Waals surface area contributed by atoms with Gasteiger partial charge < -0.3 is 20.1 Å². The Morgan fingerprint density at radius 3 is 2.27 bits per heavy atom. The minimum absolute atomic E-state index is 0.124. The average molecular weight is 432 g/mol. The van der Waals surface area contributed by atoms with E-state index in [1.54, 1.807) is 23.7 Å². The van der Waals surface area contributed by atoms with Crippen LogP contribution in [0.25, 0.3) is 0 Å². The van der Waals surface area contributed by atoms with Gasteiger partial charge in [0, 0.05) is 4.90 Å². The number of ether oxygens (including phenoxy) is 2. The standard InChI is InChI=1S/C22H29N3O4S/c1-4-28-17-9-11-18(12-10-17)29-14-13-23-21(26)15-25(2)16-22(27)24-19-7-5-6-8-20(19)30-3/h5-12H,4,13-16H2,1-3H3,(H,23,26)(H,24,27). The van der Waals surface area contributed by atoms with Crippen LogP contribution in [0.1, 0.15) is 6.92 Å². The number of carbonyl (C=O) groups is 2. The zero-order chi connectivity index (χ0) is 21.8. The van der Waals surface area contributed by atoms with E-state index in [9.17, 15) is 9.59 Å². The molecule has 0 aliphatic heterocycles. The van der Waals surface area contributed by atoms with E-state index in [-0.39, 0.29) is 24.9 Å². The highest BCUT2D eigenvalue weighted by molar-refractivity contribution is 7.98. The van der Waals surface area contributed by atoms with E-state index in [0.29, 0.717) is 25.5 Å². The largest absolute Gasteiger partial charge is 0.494 e. The second-order valence-electron chi connectivity index (χ2n) is 6.52. The number of anilines is 1. The monoisotopic (exact) mass is 431 g/mol. The Morgan fingerprint density at radius 1 is 0.967 bits per heavy atom. The summed E-state index contributed by atoms with van der Waals surface area (Å²) in [5, 5.41) is 5.68. The molecule has 0 fully saturated rings. The van der Waals surface area contributed by atoms with Gasteiger partial charge in [-0.3, -0.25) is 14.5 Å². The fourth-order valence-corrected chi connectivity index (χ4v) is 3.25. The maximum atomic E-state index is 12.2. The first-order chi connectivity index (χ1) is 14.5. The maximum Gasteiger partial charge on any atom is 0.238 e. The summed E-state index contributed by atoms with van der Waals surface area (Å²) in [6, 6.07) is 15.0. The van der Waals surface area contributed by atoms with Crippen LogP contribution in [0.2, 0.25) is 0 Å². The van der Waals surface area contributed by atoms with Gasteiger partial charge in [0.1, 0.15) is 18.1 Å². The predicted octanol–water partition coefficient (Wildman–Crippen LogP) is 2.87. The minimum atomic E-state index is -0.162. The van der Waals surface area contributed by atoms with Crippen molar-refractivity contribution in [2.75, 3.05) is 51.5 Å². The van der Waals surface area contributed by atoms with Gasteiger partial charge >= 0.3 is 0 Å². The minimum Gasteiger partial charge on any atom is -0.494 e. The van der Waals surface area contributed by atoms with Crippen molar-refractivity contribution < 1.29 is 19.1 Å². The Balaban J connectivity index is 1.64. The second-order valence-corrected chi connectivity index (χ2v) is 7.37. The molecule has 7 nitrogen and oxygen atoms in total. The van der Waals surface area contributed by atoms with Crippen molar-refractivity contribution in [2.24, 2.45) is 0 Å². The van der Waals surface area contributed by atoms with E-state index in [4.69, 9.17) is 9.47 Å². The molecule has 2 aromatic rings. The molecular formula is C22H29N3O4S. The van der Waals surface area contributed by atoms with Gasteiger partial charge in [-0.1, -0.05) is 12.1 Å². The van der Waals surface area contributed by atoms with Crippen LogP contribution < -0.4 is 20.1 Å². The summed E-state index contributed by atoms with van der Waals surface area (Å²) in [5.41, 5.74) is 0.777. The van der Waals surface area contributed by atoms with E-state index in [1.165, 1.54) is 0 Å². The van der Waals surface area contributed by atoms with E-state index < -0.39 is 0 Å². The highest BCUT2D eigenvalue weighted by Gasteiger charge is 2.12. The highest BCUT2D eigenvalue weighted by atomic mass is 32.2. The van der Waals surface area contributed by atoms with Crippen LogP contribution in [0, 0.1) is 0 Å². The van der Waals surface area contributed by atoms with Gasteiger partial charge in [0.15, 0.2) is 0 Å². The molecule has 0 aromatic heterocycles. The van der Waals surface area contributed by atoms with Crippen molar-refractivity contribution >= 4 is 29.3 Å². The summed E-state index contributed by atoms with van der Waals surface area (Å²) in [6.45, 7) is 3.54. The first kappa shape index (κ1) is 23.6. The third kappa shape index (κ3) is 8.34. The molecule has 0 radical (unpaired) electrons. The molecular weight excluding hydrogens is 402 g/mol. The molecule has 0 unspecified atom stereocenters. The number of nitrogens with zero attached hydrogens (tertiary/aromatic N) is 1. The average Bonchev–Trinajstić information content (AvgIpc) is 2.72. The van der Waals surface area contributed by atoms with E-state index in [0.717, 1.165) is 16.3 Å². The van der Waals surface area contributed by atoms with Gasteiger partial charge in [-0.05, 0) is 56.6 Å². The number of benzene rings is 2. The highest BCUT2D eigenvalue weighted by Crippen LogP contribution is 2.24. The van der Waals surface area contributed by atoms with Gasteiger partial charge in [0.05, 0.1) is 31.9 Å². The summed E-state index contributed by atoms with van der Waals surface area (Å²) in [6.07, 6.45) is 1.96. The van der Waals surface area contributed by atoms with Gasteiger partial charge in [-0.25, -0.2) is 0 Å². The molecule has 0 bridgehead atoms. The molecule has 2 N–H and O–H groups in total. The van der Waals surface area contributed by atoms with Crippen molar-refractivity contribution in [3.63, 3.8) is 0 Å². The van der Waals surface area contributed by atoms with E-state index in [2.05, 4.69) is 10.6 Å². The molecule has 30 heavy (non-hydrogen) atoms. The summed E-state index contributed by atoms with van der Waals surface area (Å²) in [5.74, 6) is 1.19. The first-order valence-electron chi connectivity index (χ1n) is 9.75. The smallest absolute Gasteiger partial charge is 0.238 e. The molecule has 162 valence electrons. The molecule has 0 aliphatic rings. The molecule has 2 rings (SSSR count). The van der Waals surface area contributed by atoms with Crippen molar-refractivity contribution in [3.05, 3.63) is 48.5 Å². The van der Waals surface area contributed by atoms with Crippen molar-refractivity contribution in [1.82, 2.24) is 10.2 Å². The quantitative estimate of drug-likeness (QED) is 0.397. The number of likely N-dealkylation sites (N-methyl/N-ethyl adjacent to an activating group) is 1. The predicted molar refractivity (Wildman–Crippen MR) is 120 cm³/mol. The van der Waals surface area contributed by atoms with Crippen LogP contribution in [-0.4, -0.2) is 62.9 Å². The summed E-state index contributed by atoms with van der Waals surface area (Å²) >= 11 is 1.57. The van der Waals surface area contributed by atoms with Crippen LogP contribution >= 0.6 is 11.8 Å². The third-order valence-corrected chi connectivity index (χ3v) is 4.83. The number of hydrogen-bond donors (Lipinski definition) is 2. The summed E-state index contributed by atoms with van der Waals surface area (Å²) in [4.78, 5) is 27.0. The Labute approximate surface area is 182 Å². The Hall–Kier alpha value is -2.71. The van der Waals surface area contributed by atoms with Crippen LogP contribution in [0.5, 0.6) is 11.5 Å². The number of rotatable bonds is 12. The lowest BCUT2D eigenvalue weighted by atomic mass is 10.3. The molecule has 8 heteroatoms. The Kier molecular flexibility index (Phi) is 10.0. The van der Waals surface area contributed by atoms with Gasteiger partial charge in [0.2, 0.25) is 11.8 Å². The molecule has 0 atom stereocenters. The third-order valence-electron chi connectivity index (χ3n) is 4.04. The number of amides is 2. The van der Waals surface area contributed by atoms with Crippen molar-refractivity contribution in [1.29, 1.82) is 0 Å². The van der Waals surface area contributed by atoms with Crippen LogP contribution in [0.3, 0.4) is 0 Å². The number of carbonyl (C=O) groups excluding carboxylic acids is 2. The molecule has 2 aromatic carbocycles. The normalized spacial score (nSPS) is 10.5. The van der Waals surface area contributed by atoms with Crippen LogP contribution in [0.15, 0.2) is 53.4 Å².